The van der Waals surface area contributed by atoms with Gasteiger partial charge in [0.05, 0.1) is 26.4 Å². The molecule has 6 atom stereocenters. The van der Waals surface area contributed by atoms with E-state index in [0.717, 1.165) is 109 Å². The maximum absolute atomic E-state index is 13.1. The highest BCUT2D eigenvalue weighted by molar-refractivity contribution is 7.47. The highest BCUT2D eigenvalue weighted by Crippen LogP contribution is 2.45. The highest BCUT2D eigenvalue weighted by Gasteiger charge is 2.30. The first kappa shape index (κ1) is 99.5. The van der Waals surface area contributed by atoms with Crippen molar-refractivity contribution in [2.24, 2.45) is 5.92 Å². The number of carbonyl (C=O) groups is 4. The molecule has 0 spiro atoms. The average molecular weight is 1490 g/mol. The average Bonchev–Trinajstić information content (AvgIpc) is 0.921. The summed E-state index contributed by atoms with van der Waals surface area (Å²) in [5.74, 6) is -1.36. The summed E-state index contributed by atoms with van der Waals surface area (Å²) in [6.07, 6.45) is 70.1. The number of hydrogen-bond donors (Lipinski definition) is 3. The van der Waals surface area contributed by atoms with Crippen molar-refractivity contribution in [3.8, 4) is 0 Å². The van der Waals surface area contributed by atoms with Crippen molar-refractivity contribution in [2.75, 3.05) is 39.6 Å². The molecule has 3 unspecified atom stereocenters. The van der Waals surface area contributed by atoms with Crippen LogP contribution in [0.15, 0.2) is 24.3 Å². The Labute approximate surface area is 624 Å². The molecule has 3 N–H and O–H groups in total. The summed E-state index contributed by atoms with van der Waals surface area (Å²) in [5, 5.41) is 10.7. The number of aliphatic hydroxyl groups excluding tert-OH is 1. The second-order valence-electron chi connectivity index (χ2n) is 29.4. The maximum Gasteiger partial charge on any atom is 0.472 e. The first-order chi connectivity index (χ1) is 49.6. The Morgan fingerprint density at radius 2 is 0.549 bits per heavy atom. The van der Waals surface area contributed by atoms with E-state index in [0.29, 0.717) is 25.7 Å². The van der Waals surface area contributed by atoms with Gasteiger partial charge in [0.1, 0.15) is 19.3 Å². The van der Waals surface area contributed by atoms with Crippen molar-refractivity contribution in [3.05, 3.63) is 24.3 Å². The minimum atomic E-state index is -4.97. The van der Waals surface area contributed by atoms with E-state index < -0.39 is 97.5 Å². The van der Waals surface area contributed by atoms with E-state index in [1.54, 1.807) is 0 Å². The van der Waals surface area contributed by atoms with Crippen LogP contribution < -0.4 is 0 Å². The quantitative estimate of drug-likeness (QED) is 0.0169. The van der Waals surface area contributed by atoms with Gasteiger partial charge < -0.3 is 33.8 Å². The Kier molecular flexibility index (Phi) is 73.5. The Morgan fingerprint density at radius 1 is 0.314 bits per heavy atom. The summed E-state index contributed by atoms with van der Waals surface area (Å²) in [4.78, 5) is 73.1. The molecule has 0 aliphatic rings. The number of aliphatic hydroxyl groups is 1. The molecule has 0 heterocycles. The van der Waals surface area contributed by atoms with Crippen LogP contribution in [0.4, 0.5) is 0 Å². The number of allylic oxidation sites excluding steroid dienone is 4. The normalized spacial score (nSPS) is 14.2. The lowest BCUT2D eigenvalue weighted by Crippen LogP contribution is -2.30. The van der Waals surface area contributed by atoms with Gasteiger partial charge in [-0.3, -0.25) is 37.3 Å². The number of rotatable bonds is 81. The predicted octanol–water partition coefficient (Wildman–Crippen LogP) is 24.8. The molecule has 0 aromatic carbocycles. The Hall–Kier alpha value is -2.46. The summed E-state index contributed by atoms with van der Waals surface area (Å²) in [5.41, 5.74) is 0. The predicted molar refractivity (Wildman–Crippen MR) is 418 cm³/mol. The number of hydrogen-bond acceptors (Lipinski definition) is 15. The molecular formula is C83H158O17P2. The van der Waals surface area contributed by atoms with Crippen molar-refractivity contribution in [1.82, 2.24) is 0 Å². The molecule has 0 saturated carbocycles. The molecule has 0 amide bonds. The topological polar surface area (TPSA) is 237 Å². The van der Waals surface area contributed by atoms with Crippen LogP contribution in [0.3, 0.4) is 0 Å². The number of esters is 4. The summed E-state index contributed by atoms with van der Waals surface area (Å²) in [6.45, 7) is 7.28. The van der Waals surface area contributed by atoms with Gasteiger partial charge in [0, 0.05) is 25.7 Å². The maximum atomic E-state index is 13.1. The molecule has 102 heavy (non-hydrogen) atoms. The Balaban J connectivity index is 5.29. The van der Waals surface area contributed by atoms with Crippen LogP contribution in [0, 0.1) is 5.92 Å². The zero-order chi connectivity index (χ0) is 74.8. The molecule has 0 aromatic rings. The molecule has 17 nitrogen and oxygen atoms in total. The lowest BCUT2D eigenvalue weighted by molar-refractivity contribution is -0.161. The number of unbranched alkanes of at least 4 members (excludes halogenated alkanes) is 49. The summed E-state index contributed by atoms with van der Waals surface area (Å²) >= 11 is 0. The zero-order valence-electron chi connectivity index (χ0n) is 66.2. The third-order valence-electron chi connectivity index (χ3n) is 19.3. The third-order valence-corrected chi connectivity index (χ3v) is 21.2. The fraction of sp³-hybridized carbons (Fsp3) is 0.904. The third kappa shape index (κ3) is 74.4. The van der Waals surface area contributed by atoms with Crippen LogP contribution in [0.2, 0.25) is 0 Å². The van der Waals surface area contributed by atoms with Gasteiger partial charge in [-0.15, -0.1) is 0 Å². The van der Waals surface area contributed by atoms with Gasteiger partial charge in [0.25, 0.3) is 0 Å². The number of phosphoric ester groups is 2. The summed E-state index contributed by atoms with van der Waals surface area (Å²) in [6, 6.07) is 0. The molecule has 0 saturated heterocycles. The minimum absolute atomic E-state index is 0.0850. The molecule has 0 aliphatic heterocycles. The lowest BCUT2D eigenvalue weighted by Gasteiger charge is -2.21. The molecule has 0 bridgehead atoms. The fourth-order valence-corrected chi connectivity index (χ4v) is 13.9. The van der Waals surface area contributed by atoms with Crippen LogP contribution in [-0.4, -0.2) is 96.7 Å². The summed E-state index contributed by atoms with van der Waals surface area (Å²) in [7, 11) is -9.94. The van der Waals surface area contributed by atoms with Crippen molar-refractivity contribution in [2.45, 2.75) is 438 Å². The smallest absolute Gasteiger partial charge is 0.462 e. The van der Waals surface area contributed by atoms with Crippen LogP contribution in [0.1, 0.15) is 420 Å². The highest BCUT2D eigenvalue weighted by atomic mass is 31.2. The van der Waals surface area contributed by atoms with Gasteiger partial charge >= 0.3 is 39.5 Å². The van der Waals surface area contributed by atoms with Crippen LogP contribution in [0.5, 0.6) is 0 Å². The summed E-state index contributed by atoms with van der Waals surface area (Å²) < 4.78 is 68.8. The van der Waals surface area contributed by atoms with E-state index in [-0.39, 0.29) is 25.7 Å². The zero-order valence-corrected chi connectivity index (χ0v) is 68.0. The molecule has 0 rings (SSSR count). The molecule has 0 fully saturated rings. The first-order valence-corrected chi connectivity index (χ1v) is 45.5. The van der Waals surface area contributed by atoms with Crippen molar-refractivity contribution >= 4 is 39.5 Å². The SMILES string of the molecule is CCCCCC/C=C\C=C/CCCCCCCC(=O)O[C@H](COC(=O)CCCCCCCCCCC(C)CC)COP(=O)(O)OC[C@H](O)COP(=O)(O)OC[C@@H](COC(=O)CCCCCCCCCCCCCCCCCCC)OC(=O)CCCCCCCCCCCCCCCCCCCC. The molecule has 19 heteroatoms. The lowest BCUT2D eigenvalue weighted by atomic mass is 9.99. The number of carbonyl (C=O) groups excluding carboxylic acids is 4. The van der Waals surface area contributed by atoms with Crippen molar-refractivity contribution in [1.29, 1.82) is 0 Å². The molecular weight excluding hydrogens is 1330 g/mol. The van der Waals surface area contributed by atoms with Gasteiger partial charge in [-0.1, -0.05) is 367 Å². The number of phosphoric acid groups is 2. The minimum Gasteiger partial charge on any atom is -0.462 e. The van der Waals surface area contributed by atoms with E-state index in [1.165, 1.54) is 231 Å². The second-order valence-corrected chi connectivity index (χ2v) is 32.3. The van der Waals surface area contributed by atoms with Crippen molar-refractivity contribution in [3.63, 3.8) is 0 Å². The molecule has 0 radical (unpaired) electrons. The Bertz CT molecular complexity index is 2040. The molecule has 602 valence electrons. The van der Waals surface area contributed by atoms with Crippen LogP contribution in [0.25, 0.3) is 0 Å². The van der Waals surface area contributed by atoms with Gasteiger partial charge in [0.2, 0.25) is 0 Å². The van der Waals surface area contributed by atoms with E-state index in [1.807, 2.05) is 0 Å². The van der Waals surface area contributed by atoms with Gasteiger partial charge in [-0.25, -0.2) is 9.13 Å². The van der Waals surface area contributed by atoms with Crippen molar-refractivity contribution < 1.29 is 80.2 Å². The first-order valence-electron chi connectivity index (χ1n) is 42.5. The van der Waals surface area contributed by atoms with Crippen LogP contribution in [-0.2, 0) is 65.4 Å². The largest absolute Gasteiger partial charge is 0.472 e. The van der Waals surface area contributed by atoms with Gasteiger partial charge in [-0.05, 0) is 57.3 Å². The van der Waals surface area contributed by atoms with E-state index in [2.05, 4.69) is 58.9 Å². The van der Waals surface area contributed by atoms with E-state index >= 15 is 0 Å². The van der Waals surface area contributed by atoms with Crippen LogP contribution >= 0.6 is 15.6 Å². The van der Waals surface area contributed by atoms with Gasteiger partial charge in [0.15, 0.2) is 12.2 Å². The molecule has 0 aliphatic carbocycles. The Morgan fingerprint density at radius 3 is 0.833 bits per heavy atom. The second kappa shape index (κ2) is 75.4. The fourth-order valence-electron chi connectivity index (χ4n) is 12.4. The van der Waals surface area contributed by atoms with Gasteiger partial charge in [-0.2, -0.15) is 0 Å². The van der Waals surface area contributed by atoms with E-state index in [9.17, 15) is 43.2 Å². The molecule has 0 aromatic heterocycles. The standard InChI is InChI=1S/C83H158O17P2/c1-6-10-13-16-19-22-25-28-31-33-35-38-41-44-47-54-59-64-69-82(87)99-78(72-93-80(85)66-61-56-51-45-42-39-37-34-32-29-26-23-20-17-14-11-7-2)74-97-101(89,90)95-70-77(84)71-96-102(91,92)98-75-79(73-94-81(86)67-62-57-52-49-48-50-55-60-65-76(5)9-4)100-83(88)68-63-58-53-46-43-40-36-30-27-24-21-18-15-12-8-3/h24,27,30,36,76-79,84H,6-23,25-26,28-29,31-35,37-75H2,1-5H3,(H,89,90)(H,91,92)/b27-24-,36-30-/t76?,77-,78-,79-/m1/s1. The monoisotopic (exact) mass is 1490 g/mol. The van der Waals surface area contributed by atoms with E-state index in [4.69, 9.17) is 37.0 Å². The number of ether oxygens (including phenoxy) is 4.